The summed E-state index contributed by atoms with van der Waals surface area (Å²) >= 11 is 0. The van der Waals surface area contributed by atoms with Crippen molar-refractivity contribution in [2.75, 3.05) is 11.5 Å². The number of nitrogen functional groups attached to an aromatic ring is 2. The fourth-order valence-electron chi connectivity index (χ4n) is 3.98. The number of fused-ring (bicyclic) bond motifs is 1. The van der Waals surface area contributed by atoms with Crippen molar-refractivity contribution in [1.82, 2.24) is 19.5 Å². The molecule has 0 amide bonds. The van der Waals surface area contributed by atoms with E-state index in [9.17, 15) is 4.79 Å². The van der Waals surface area contributed by atoms with Gasteiger partial charge in [0.05, 0.1) is 11.6 Å². The van der Waals surface area contributed by atoms with Gasteiger partial charge in [0.1, 0.15) is 17.5 Å². The molecule has 178 valence electrons. The van der Waals surface area contributed by atoms with Crippen molar-refractivity contribution in [2.24, 2.45) is 0 Å². The predicted octanol–water partition coefficient (Wildman–Crippen LogP) is 4.44. The molecule has 0 atom stereocenters. The zero-order chi connectivity index (χ0) is 25.7. The van der Waals surface area contributed by atoms with Gasteiger partial charge >= 0.3 is 0 Å². The summed E-state index contributed by atoms with van der Waals surface area (Å²) in [6.45, 7) is 4.04. The molecule has 0 bridgehead atoms. The van der Waals surface area contributed by atoms with Gasteiger partial charge in [0.2, 0.25) is 5.95 Å². The first kappa shape index (κ1) is 24.1. The number of para-hydroxylation sites is 1. The van der Waals surface area contributed by atoms with Gasteiger partial charge < -0.3 is 11.5 Å². The standard InChI is InChI=1S/C23H20N2O.C5H5N5/c1-3-19-15-18-8-7-11-21(17-12-13-24-16(2)14-17)22(18)23(26)25(19)20-9-5-4-6-10-20;6-1-3-2-9-5(8)10-4(3)7/h4-15H,3H2,1-2H3;2H,(H4,7,8,9,10). The van der Waals surface area contributed by atoms with Gasteiger partial charge in [-0.1, -0.05) is 43.3 Å². The molecule has 4 N–H and O–H groups in total. The smallest absolute Gasteiger partial charge is 0.263 e. The van der Waals surface area contributed by atoms with Crippen molar-refractivity contribution in [2.45, 2.75) is 20.3 Å². The molecule has 3 aromatic heterocycles. The molecule has 8 heteroatoms. The molecule has 5 rings (SSSR count). The van der Waals surface area contributed by atoms with Crippen molar-refractivity contribution in [3.05, 3.63) is 106 Å². The van der Waals surface area contributed by atoms with Crippen LogP contribution in [0.4, 0.5) is 11.8 Å². The SMILES string of the molecule is CCc1cc2cccc(-c3ccnc(C)c3)c2c(=O)n1-c1ccccc1.N#Cc1cnc(N)nc1N. The number of pyridine rings is 2. The first-order valence-electron chi connectivity index (χ1n) is 11.4. The molecule has 0 fully saturated rings. The molecule has 0 aliphatic heterocycles. The highest BCUT2D eigenvalue weighted by Gasteiger charge is 2.14. The Morgan fingerprint density at radius 2 is 1.78 bits per heavy atom. The first-order chi connectivity index (χ1) is 17.4. The van der Waals surface area contributed by atoms with Crippen LogP contribution in [0.5, 0.6) is 0 Å². The minimum atomic E-state index is 0.0237. The molecular weight excluding hydrogens is 450 g/mol. The average molecular weight is 476 g/mol. The third kappa shape index (κ3) is 4.91. The molecule has 0 saturated carbocycles. The lowest BCUT2D eigenvalue weighted by Gasteiger charge is -2.15. The van der Waals surface area contributed by atoms with Crippen LogP contribution in [0.3, 0.4) is 0 Å². The number of rotatable bonds is 3. The number of benzene rings is 2. The predicted molar refractivity (Wildman–Crippen MR) is 142 cm³/mol. The Kier molecular flexibility index (Phi) is 7.02. The second-order valence-electron chi connectivity index (χ2n) is 8.06. The lowest BCUT2D eigenvalue weighted by atomic mass is 9.98. The minimum Gasteiger partial charge on any atom is -0.382 e. The van der Waals surface area contributed by atoms with Crippen LogP contribution in [0.1, 0.15) is 23.9 Å². The van der Waals surface area contributed by atoms with Gasteiger partial charge in [-0.2, -0.15) is 10.2 Å². The highest BCUT2D eigenvalue weighted by Crippen LogP contribution is 2.28. The van der Waals surface area contributed by atoms with E-state index in [0.717, 1.165) is 45.4 Å². The fourth-order valence-corrected chi connectivity index (χ4v) is 3.98. The Balaban J connectivity index is 0.000000256. The van der Waals surface area contributed by atoms with Gasteiger partial charge in [0.25, 0.3) is 5.56 Å². The summed E-state index contributed by atoms with van der Waals surface area (Å²) in [7, 11) is 0. The van der Waals surface area contributed by atoms with Crippen LogP contribution >= 0.6 is 0 Å². The summed E-state index contributed by atoms with van der Waals surface area (Å²) in [6.07, 6.45) is 3.87. The van der Waals surface area contributed by atoms with Gasteiger partial charge in [-0.25, -0.2) is 4.98 Å². The maximum absolute atomic E-state index is 13.5. The van der Waals surface area contributed by atoms with Crippen molar-refractivity contribution >= 4 is 22.5 Å². The van der Waals surface area contributed by atoms with Crippen LogP contribution < -0.4 is 17.0 Å². The Morgan fingerprint density at radius 3 is 2.44 bits per heavy atom. The van der Waals surface area contributed by atoms with Crippen molar-refractivity contribution in [3.63, 3.8) is 0 Å². The zero-order valence-corrected chi connectivity index (χ0v) is 20.0. The Hall–Kier alpha value is -5.03. The van der Waals surface area contributed by atoms with Crippen LogP contribution in [0, 0.1) is 18.3 Å². The molecular formula is C28H25N7O. The molecule has 0 unspecified atom stereocenters. The third-order valence-corrected chi connectivity index (χ3v) is 5.66. The average Bonchev–Trinajstić information content (AvgIpc) is 2.89. The van der Waals surface area contributed by atoms with E-state index in [1.54, 1.807) is 6.20 Å². The number of hydrogen-bond acceptors (Lipinski definition) is 7. The Morgan fingerprint density at radius 1 is 1.00 bits per heavy atom. The van der Waals surface area contributed by atoms with Crippen LogP contribution in [0.25, 0.3) is 27.6 Å². The van der Waals surface area contributed by atoms with Crippen molar-refractivity contribution in [3.8, 4) is 22.9 Å². The molecule has 8 nitrogen and oxygen atoms in total. The number of hydrogen-bond donors (Lipinski definition) is 2. The quantitative estimate of drug-likeness (QED) is 0.394. The van der Waals surface area contributed by atoms with Gasteiger partial charge in [0, 0.05) is 23.3 Å². The molecule has 0 spiro atoms. The number of nitrogens with zero attached hydrogens (tertiary/aromatic N) is 5. The van der Waals surface area contributed by atoms with E-state index in [2.05, 4.69) is 27.9 Å². The zero-order valence-electron chi connectivity index (χ0n) is 20.0. The van der Waals surface area contributed by atoms with Crippen molar-refractivity contribution < 1.29 is 0 Å². The number of anilines is 2. The first-order valence-corrected chi connectivity index (χ1v) is 11.4. The van der Waals surface area contributed by atoms with Crippen LogP contribution in [-0.2, 0) is 6.42 Å². The van der Waals surface area contributed by atoms with Gasteiger partial charge in [-0.05, 0) is 60.2 Å². The number of aryl methyl sites for hydroxylation is 2. The topological polar surface area (TPSA) is 136 Å². The maximum Gasteiger partial charge on any atom is 0.263 e. The largest absolute Gasteiger partial charge is 0.382 e. The molecule has 0 radical (unpaired) electrons. The third-order valence-electron chi connectivity index (χ3n) is 5.66. The van der Waals surface area contributed by atoms with Crippen LogP contribution in [0.15, 0.2) is 83.9 Å². The van der Waals surface area contributed by atoms with E-state index < -0.39 is 0 Å². The molecule has 2 aromatic carbocycles. The van der Waals surface area contributed by atoms with Crippen LogP contribution in [-0.4, -0.2) is 19.5 Å². The molecule has 5 aromatic rings. The monoisotopic (exact) mass is 475 g/mol. The summed E-state index contributed by atoms with van der Waals surface area (Å²) in [6, 6.07) is 23.8. The Bertz CT molecular complexity index is 1640. The van der Waals surface area contributed by atoms with E-state index >= 15 is 0 Å². The van der Waals surface area contributed by atoms with Gasteiger partial charge in [-0.3, -0.25) is 14.3 Å². The number of nitrogens with two attached hydrogens (primary N) is 2. The summed E-state index contributed by atoms with van der Waals surface area (Å²) in [4.78, 5) is 25.0. The van der Waals surface area contributed by atoms with Gasteiger partial charge in [-0.15, -0.1) is 0 Å². The molecule has 36 heavy (non-hydrogen) atoms. The summed E-state index contributed by atoms with van der Waals surface area (Å²) in [5, 5.41) is 10.1. The molecule has 0 aliphatic rings. The number of nitriles is 1. The highest BCUT2D eigenvalue weighted by atomic mass is 16.1. The highest BCUT2D eigenvalue weighted by molar-refractivity contribution is 5.96. The second-order valence-corrected chi connectivity index (χ2v) is 8.06. The lowest BCUT2D eigenvalue weighted by molar-refractivity contribution is 0.889. The van der Waals surface area contributed by atoms with Crippen molar-refractivity contribution in [1.29, 1.82) is 5.26 Å². The van der Waals surface area contributed by atoms with Crippen LogP contribution in [0.2, 0.25) is 0 Å². The molecule has 3 heterocycles. The van der Waals surface area contributed by atoms with E-state index in [1.807, 2.05) is 78.2 Å². The summed E-state index contributed by atoms with van der Waals surface area (Å²) in [5.41, 5.74) is 15.5. The molecule has 0 saturated heterocycles. The van der Waals surface area contributed by atoms with E-state index in [1.165, 1.54) is 6.20 Å². The summed E-state index contributed by atoms with van der Waals surface area (Å²) in [5.74, 6) is 0.200. The number of aromatic nitrogens is 4. The van der Waals surface area contributed by atoms with E-state index in [0.29, 0.717) is 0 Å². The normalized spacial score (nSPS) is 10.4. The Labute approximate surface area is 208 Å². The molecule has 0 aliphatic carbocycles. The van der Waals surface area contributed by atoms with E-state index in [4.69, 9.17) is 16.7 Å². The summed E-state index contributed by atoms with van der Waals surface area (Å²) < 4.78 is 1.83. The van der Waals surface area contributed by atoms with E-state index in [-0.39, 0.29) is 22.9 Å². The minimum absolute atomic E-state index is 0.0237. The maximum atomic E-state index is 13.5. The van der Waals surface area contributed by atoms with Gasteiger partial charge in [0.15, 0.2) is 0 Å². The lowest BCUT2D eigenvalue weighted by Crippen LogP contribution is -2.22. The second kappa shape index (κ2) is 10.5. The fraction of sp³-hybridized carbons (Fsp3) is 0.107.